The average Bonchev–Trinajstić information content (AvgIpc) is 2.90. The van der Waals surface area contributed by atoms with E-state index in [9.17, 15) is 14.7 Å². The summed E-state index contributed by atoms with van der Waals surface area (Å²) in [6.45, 7) is 4.08. The van der Waals surface area contributed by atoms with Gasteiger partial charge in [-0.15, -0.1) is 0 Å². The summed E-state index contributed by atoms with van der Waals surface area (Å²) >= 11 is 0. The summed E-state index contributed by atoms with van der Waals surface area (Å²) < 4.78 is 10.5. The molecule has 1 N–H and O–H groups in total. The number of carbonyl (C=O) groups is 2. The number of aliphatic hydroxyl groups is 1. The van der Waals surface area contributed by atoms with E-state index in [2.05, 4.69) is 26.0 Å². The molecule has 37 heavy (non-hydrogen) atoms. The molecule has 0 aromatic carbocycles. The molecule has 0 rings (SSSR count). The van der Waals surface area contributed by atoms with Crippen molar-refractivity contribution in [1.82, 2.24) is 0 Å². The van der Waals surface area contributed by atoms with Gasteiger partial charge in [-0.1, -0.05) is 122 Å². The van der Waals surface area contributed by atoms with Crippen LogP contribution >= 0.6 is 0 Å². The average molecular weight is 525 g/mol. The second-order valence-electron chi connectivity index (χ2n) is 10.5. The molecule has 1 atom stereocenters. The van der Waals surface area contributed by atoms with Crippen LogP contribution in [0.4, 0.5) is 0 Å². The zero-order valence-electron chi connectivity index (χ0n) is 24.5. The maximum absolute atomic E-state index is 12.0. The lowest BCUT2D eigenvalue weighted by Gasteiger charge is -2.15. The maximum atomic E-state index is 12.0. The van der Waals surface area contributed by atoms with Crippen LogP contribution in [-0.2, 0) is 19.1 Å². The zero-order valence-corrected chi connectivity index (χ0v) is 24.5. The number of hydrogen-bond donors (Lipinski definition) is 1. The number of allylic oxidation sites excluding steroid dienone is 2. The molecule has 0 bridgehead atoms. The van der Waals surface area contributed by atoms with Gasteiger partial charge in [0, 0.05) is 12.8 Å². The third-order valence-corrected chi connectivity index (χ3v) is 6.81. The van der Waals surface area contributed by atoms with Crippen molar-refractivity contribution in [3.05, 3.63) is 12.2 Å². The van der Waals surface area contributed by atoms with E-state index < -0.39 is 6.10 Å². The highest BCUT2D eigenvalue weighted by molar-refractivity contribution is 5.70. The van der Waals surface area contributed by atoms with Gasteiger partial charge in [-0.05, 0) is 38.5 Å². The zero-order chi connectivity index (χ0) is 27.2. The van der Waals surface area contributed by atoms with Crippen molar-refractivity contribution in [1.29, 1.82) is 0 Å². The fourth-order valence-corrected chi connectivity index (χ4v) is 4.37. The largest absolute Gasteiger partial charge is 0.462 e. The van der Waals surface area contributed by atoms with Crippen LogP contribution in [0, 0.1) is 0 Å². The van der Waals surface area contributed by atoms with Gasteiger partial charge in [0.2, 0.25) is 0 Å². The van der Waals surface area contributed by atoms with Crippen LogP contribution in [0.3, 0.4) is 0 Å². The number of aliphatic hydroxyl groups excluding tert-OH is 1. The van der Waals surface area contributed by atoms with Crippen LogP contribution in [-0.4, -0.2) is 36.4 Å². The van der Waals surface area contributed by atoms with Gasteiger partial charge in [-0.3, -0.25) is 9.59 Å². The van der Waals surface area contributed by atoms with Crippen LogP contribution in [0.5, 0.6) is 0 Å². The highest BCUT2D eigenvalue weighted by atomic mass is 16.6. The topological polar surface area (TPSA) is 72.8 Å². The Labute approximate surface area is 229 Å². The molecule has 0 radical (unpaired) electrons. The molecule has 0 aliphatic rings. The van der Waals surface area contributed by atoms with E-state index >= 15 is 0 Å². The van der Waals surface area contributed by atoms with E-state index in [1.54, 1.807) is 0 Å². The first-order valence-electron chi connectivity index (χ1n) is 15.7. The molecule has 0 aliphatic heterocycles. The Hall–Kier alpha value is -1.36. The van der Waals surface area contributed by atoms with Crippen LogP contribution < -0.4 is 0 Å². The summed E-state index contributed by atoms with van der Waals surface area (Å²) in [5.41, 5.74) is 0. The van der Waals surface area contributed by atoms with Crippen LogP contribution in [0.2, 0.25) is 0 Å². The van der Waals surface area contributed by atoms with Gasteiger partial charge in [-0.2, -0.15) is 0 Å². The maximum Gasteiger partial charge on any atom is 0.306 e. The van der Waals surface area contributed by atoms with Crippen LogP contribution in [0.25, 0.3) is 0 Å². The smallest absolute Gasteiger partial charge is 0.306 e. The number of esters is 2. The normalized spacial score (nSPS) is 12.2. The third-order valence-electron chi connectivity index (χ3n) is 6.81. The Bertz CT molecular complexity index is 531. The fraction of sp³-hybridized carbons (Fsp3) is 0.875. The molecule has 1 unspecified atom stereocenters. The SMILES string of the molecule is CCCCC/C=C\CCCCCCCC(=O)OC(CO)COC(=O)CCCCCCCCCCCCC. The van der Waals surface area contributed by atoms with Gasteiger partial charge in [0.15, 0.2) is 6.10 Å². The van der Waals surface area contributed by atoms with E-state index in [0.717, 1.165) is 44.9 Å². The van der Waals surface area contributed by atoms with Crippen molar-refractivity contribution in [2.75, 3.05) is 13.2 Å². The van der Waals surface area contributed by atoms with Crippen molar-refractivity contribution >= 4 is 11.9 Å². The number of carbonyl (C=O) groups excluding carboxylic acids is 2. The quantitative estimate of drug-likeness (QED) is 0.0628. The lowest BCUT2D eigenvalue weighted by Crippen LogP contribution is -2.28. The Morgan fingerprint density at radius 3 is 1.51 bits per heavy atom. The molecular weight excluding hydrogens is 464 g/mol. The Kier molecular flexibility index (Phi) is 28.1. The minimum Gasteiger partial charge on any atom is -0.462 e. The Balaban J connectivity index is 3.60. The molecule has 0 fully saturated rings. The minimum atomic E-state index is -0.766. The second-order valence-corrected chi connectivity index (χ2v) is 10.5. The summed E-state index contributed by atoms with van der Waals surface area (Å²) in [4.78, 5) is 24.0. The van der Waals surface area contributed by atoms with Gasteiger partial charge in [-0.25, -0.2) is 0 Å². The van der Waals surface area contributed by atoms with Crippen molar-refractivity contribution < 1.29 is 24.2 Å². The summed E-state index contributed by atoms with van der Waals surface area (Å²) in [6, 6.07) is 0. The number of unbranched alkanes of at least 4 members (excludes halogenated alkanes) is 18. The molecule has 0 spiro atoms. The number of hydrogen-bond acceptors (Lipinski definition) is 5. The molecule has 5 heteroatoms. The lowest BCUT2D eigenvalue weighted by molar-refractivity contribution is -0.161. The first-order chi connectivity index (χ1) is 18.1. The molecule has 0 saturated heterocycles. The van der Waals surface area contributed by atoms with Crippen molar-refractivity contribution in [2.45, 2.75) is 168 Å². The highest BCUT2D eigenvalue weighted by Crippen LogP contribution is 2.13. The van der Waals surface area contributed by atoms with Crippen molar-refractivity contribution in [3.63, 3.8) is 0 Å². The predicted molar refractivity (Wildman–Crippen MR) is 155 cm³/mol. The molecule has 0 aromatic heterocycles. The van der Waals surface area contributed by atoms with E-state index in [1.165, 1.54) is 89.9 Å². The first kappa shape index (κ1) is 35.6. The predicted octanol–water partition coefficient (Wildman–Crippen LogP) is 9.00. The standard InChI is InChI=1S/C32H60O5/c1-3-5-7-9-11-13-15-17-19-21-23-25-27-32(35)37-30(28-33)29-36-31(34)26-24-22-20-18-16-14-12-10-8-6-4-2/h11,13,30,33H,3-10,12,14-29H2,1-2H3/b13-11-. The van der Waals surface area contributed by atoms with Gasteiger partial charge in [0.25, 0.3) is 0 Å². The highest BCUT2D eigenvalue weighted by Gasteiger charge is 2.16. The monoisotopic (exact) mass is 524 g/mol. The Morgan fingerprint density at radius 1 is 0.595 bits per heavy atom. The van der Waals surface area contributed by atoms with E-state index in [1.807, 2.05) is 0 Å². The fourth-order valence-electron chi connectivity index (χ4n) is 4.37. The van der Waals surface area contributed by atoms with Gasteiger partial charge in [0.1, 0.15) is 6.61 Å². The van der Waals surface area contributed by atoms with Crippen molar-refractivity contribution in [2.24, 2.45) is 0 Å². The molecule has 218 valence electrons. The first-order valence-corrected chi connectivity index (χ1v) is 15.7. The van der Waals surface area contributed by atoms with Gasteiger partial charge >= 0.3 is 11.9 Å². The third kappa shape index (κ3) is 27.5. The molecule has 0 aliphatic carbocycles. The minimum absolute atomic E-state index is 0.0644. The second kappa shape index (κ2) is 29.2. The molecular formula is C32H60O5. The van der Waals surface area contributed by atoms with E-state index in [0.29, 0.717) is 12.8 Å². The molecule has 0 saturated carbocycles. The van der Waals surface area contributed by atoms with E-state index in [-0.39, 0.29) is 25.2 Å². The van der Waals surface area contributed by atoms with Gasteiger partial charge in [0.05, 0.1) is 6.61 Å². The number of rotatable bonds is 28. The summed E-state index contributed by atoms with van der Waals surface area (Å²) in [7, 11) is 0. The lowest BCUT2D eigenvalue weighted by atomic mass is 10.1. The number of ether oxygens (including phenoxy) is 2. The molecule has 0 aromatic rings. The summed E-state index contributed by atoms with van der Waals surface area (Å²) in [5, 5.41) is 9.46. The summed E-state index contributed by atoms with van der Waals surface area (Å²) in [5.74, 6) is -0.600. The van der Waals surface area contributed by atoms with Crippen LogP contribution in [0.1, 0.15) is 162 Å². The Morgan fingerprint density at radius 2 is 1.00 bits per heavy atom. The summed E-state index contributed by atoms with van der Waals surface area (Å²) in [6.07, 6.45) is 29.7. The van der Waals surface area contributed by atoms with E-state index in [4.69, 9.17) is 9.47 Å². The molecule has 5 nitrogen and oxygen atoms in total. The molecule has 0 amide bonds. The van der Waals surface area contributed by atoms with Crippen molar-refractivity contribution in [3.8, 4) is 0 Å². The molecule has 0 heterocycles. The van der Waals surface area contributed by atoms with Gasteiger partial charge < -0.3 is 14.6 Å². The van der Waals surface area contributed by atoms with Crippen LogP contribution in [0.15, 0.2) is 12.2 Å².